The summed E-state index contributed by atoms with van der Waals surface area (Å²) in [5.41, 5.74) is 1.20. The third-order valence-electron chi connectivity index (χ3n) is 4.51. The normalized spacial score (nSPS) is 16.0. The average Bonchev–Trinajstić information content (AvgIpc) is 3.13. The second-order valence-corrected chi connectivity index (χ2v) is 6.39. The number of hydrogen-bond donors (Lipinski definition) is 2. The molecule has 1 aliphatic rings. The number of aromatic nitrogens is 1. The minimum Gasteiger partial charge on any atom is -0.497 e. The highest BCUT2D eigenvalue weighted by Gasteiger charge is 2.34. The van der Waals surface area contributed by atoms with Crippen LogP contribution in [-0.2, 0) is 9.59 Å². The standard InChI is InChI=1S/C20H22N4O4/c1-28-17-6-4-16(5-7-17)24-13-15(11-18(24)25)20(27)23-10-9-22-19(26)14-3-2-8-21-12-14/h2-8,12,15H,9-11,13H2,1H3,(H,22,26)(H,23,27)/t15-/m0/s1. The van der Waals surface area contributed by atoms with Gasteiger partial charge in [-0.15, -0.1) is 0 Å². The molecular weight excluding hydrogens is 360 g/mol. The number of nitrogens with zero attached hydrogens (tertiary/aromatic N) is 2. The SMILES string of the molecule is COc1ccc(N2C[C@@H](C(=O)NCCNC(=O)c3cccnc3)CC2=O)cc1. The van der Waals surface area contributed by atoms with Gasteiger partial charge in [0.15, 0.2) is 0 Å². The van der Waals surface area contributed by atoms with E-state index in [9.17, 15) is 14.4 Å². The molecule has 0 bridgehead atoms. The number of carbonyl (C=O) groups excluding carboxylic acids is 3. The van der Waals surface area contributed by atoms with Crippen LogP contribution in [0.2, 0.25) is 0 Å². The molecule has 1 saturated heterocycles. The second kappa shape index (κ2) is 8.98. The zero-order valence-corrected chi connectivity index (χ0v) is 15.6. The van der Waals surface area contributed by atoms with E-state index < -0.39 is 5.92 Å². The van der Waals surface area contributed by atoms with Crippen LogP contribution in [0.15, 0.2) is 48.8 Å². The van der Waals surface area contributed by atoms with Crippen molar-refractivity contribution < 1.29 is 19.1 Å². The maximum Gasteiger partial charge on any atom is 0.252 e. The van der Waals surface area contributed by atoms with Crippen molar-refractivity contribution in [2.24, 2.45) is 5.92 Å². The predicted octanol–water partition coefficient (Wildman–Crippen LogP) is 0.989. The summed E-state index contributed by atoms with van der Waals surface area (Å²) in [5.74, 6) is -0.235. The third kappa shape index (κ3) is 4.64. The maximum absolute atomic E-state index is 12.4. The number of pyridine rings is 1. The Hall–Kier alpha value is -3.42. The fourth-order valence-corrected chi connectivity index (χ4v) is 3.00. The zero-order valence-electron chi connectivity index (χ0n) is 15.6. The molecule has 8 heteroatoms. The third-order valence-corrected chi connectivity index (χ3v) is 4.51. The molecule has 2 aromatic rings. The minimum absolute atomic E-state index is 0.0878. The number of hydrogen-bond acceptors (Lipinski definition) is 5. The van der Waals surface area contributed by atoms with E-state index in [1.165, 1.54) is 6.20 Å². The van der Waals surface area contributed by atoms with E-state index in [4.69, 9.17) is 4.74 Å². The predicted molar refractivity (Wildman–Crippen MR) is 103 cm³/mol. The molecule has 1 aromatic heterocycles. The zero-order chi connectivity index (χ0) is 19.9. The van der Waals surface area contributed by atoms with Crippen LogP contribution in [0.4, 0.5) is 5.69 Å². The summed E-state index contributed by atoms with van der Waals surface area (Å²) in [6.45, 7) is 0.916. The van der Waals surface area contributed by atoms with Gasteiger partial charge in [-0.25, -0.2) is 0 Å². The lowest BCUT2D eigenvalue weighted by atomic mass is 10.1. The molecule has 1 aliphatic heterocycles. The summed E-state index contributed by atoms with van der Waals surface area (Å²) in [6, 6.07) is 10.5. The molecule has 0 saturated carbocycles. The Labute approximate surface area is 162 Å². The lowest BCUT2D eigenvalue weighted by Gasteiger charge is -2.17. The second-order valence-electron chi connectivity index (χ2n) is 6.39. The Kier molecular flexibility index (Phi) is 6.21. The summed E-state index contributed by atoms with van der Waals surface area (Å²) < 4.78 is 5.12. The lowest BCUT2D eigenvalue weighted by Crippen LogP contribution is -2.38. The Balaban J connectivity index is 1.44. The highest BCUT2D eigenvalue weighted by Crippen LogP contribution is 2.26. The molecule has 3 rings (SSSR count). The van der Waals surface area contributed by atoms with Crippen LogP contribution < -0.4 is 20.3 Å². The average molecular weight is 382 g/mol. The van der Waals surface area contributed by atoms with Gasteiger partial charge in [0.2, 0.25) is 11.8 Å². The van der Waals surface area contributed by atoms with Crippen LogP contribution in [0.3, 0.4) is 0 Å². The van der Waals surface area contributed by atoms with E-state index in [0.29, 0.717) is 24.4 Å². The highest BCUT2D eigenvalue weighted by atomic mass is 16.5. The van der Waals surface area contributed by atoms with Crippen molar-refractivity contribution in [2.75, 3.05) is 31.6 Å². The van der Waals surface area contributed by atoms with Gasteiger partial charge in [-0.2, -0.15) is 0 Å². The van der Waals surface area contributed by atoms with E-state index >= 15 is 0 Å². The summed E-state index contributed by atoms with van der Waals surface area (Å²) in [5, 5.41) is 5.49. The van der Waals surface area contributed by atoms with Crippen molar-refractivity contribution in [1.82, 2.24) is 15.6 Å². The van der Waals surface area contributed by atoms with Crippen LogP contribution in [0.25, 0.3) is 0 Å². The molecule has 0 aliphatic carbocycles. The van der Waals surface area contributed by atoms with Gasteiger partial charge in [0.05, 0.1) is 18.6 Å². The molecule has 0 radical (unpaired) electrons. The number of rotatable bonds is 7. The lowest BCUT2D eigenvalue weighted by molar-refractivity contribution is -0.126. The van der Waals surface area contributed by atoms with Crippen molar-refractivity contribution >= 4 is 23.4 Å². The van der Waals surface area contributed by atoms with Crippen LogP contribution in [0.1, 0.15) is 16.8 Å². The van der Waals surface area contributed by atoms with Crippen LogP contribution in [-0.4, -0.2) is 49.4 Å². The van der Waals surface area contributed by atoms with Crippen molar-refractivity contribution in [3.8, 4) is 5.75 Å². The molecule has 2 heterocycles. The number of benzene rings is 1. The molecule has 146 valence electrons. The van der Waals surface area contributed by atoms with Gasteiger partial charge in [0, 0.05) is 44.1 Å². The van der Waals surface area contributed by atoms with E-state index in [2.05, 4.69) is 15.6 Å². The molecule has 1 atom stereocenters. The van der Waals surface area contributed by atoms with Crippen molar-refractivity contribution in [2.45, 2.75) is 6.42 Å². The first-order valence-electron chi connectivity index (χ1n) is 8.99. The number of nitrogens with one attached hydrogen (secondary N) is 2. The summed E-state index contributed by atoms with van der Waals surface area (Å²) in [4.78, 5) is 42.0. The molecule has 0 spiro atoms. The van der Waals surface area contributed by atoms with E-state index in [0.717, 1.165) is 5.69 Å². The van der Waals surface area contributed by atoms with Crippen LogP contribution in [0, 0.1) is 5.92 Å². The van der Waals surface area contributed by atoms with Gasteiger partial charge >= 0.3 is 0 Å². The smallest absolute Gasteiger partial charge is 0.252 e. The van der Waals surface area contributed by atoms with E-state index in [-0.39, 0.29) is 30.7 Å². The quantitative estimate of drug-likeness (QED) is 0.696. The van der Waals surface area contributed by atoms with Crippen molar-refractivity contribution in [3.63, 3.8) is 0 Å². The van der Waals surface area contributed by atoms with Gasteiger partial charge in [-0.05, 0) is 36.4 Å². The first kappa shape index (κ1) is 19.3. The fraction of sp³-hybridized carbons (Fsp3) is 0.300. The molecule has 3 amide bonds. The number of carbonyl (C=O) groups is 3. The molecular formula is C20H22N4O4. The number of anilines is 1. The topological polar surface area (TPSA) is 101 Å². The van der Waals surface area contributed by atoms with E-state index in [1.807, 2.05) is 0 Å². The summed E-state index contributed by atoms with van der Waals surface area (Å²) >= 11 is 0. The van der Waals surface area contributed by atoms with Gasteiger partial charge in [-0.3, -0.25) is 19.4 Å². The molecule has 0 unspecified atom stereocenters. The minimum atomic E-state index is -0.413. The van der Waals surface area contributed by atoms with Crippen molar-refractivity contribution in [3.05, 3.63) is 54.4 Å². The maximum atomic E-state index is 12.4. The highest BCUT2D eigenvalue weighted by molar-refractivity contribution is 6.00. The Morgan fingerprint density at radius 2 is 1.93 bits per heavy atom. The van der Waals surface area contributed by atoms with Gasteiger partial charge in [-0.1, -0.05) is 0 Å². The van der Waals surface area contributed by atoms with Crippen LogP contribution in [0.5, 0.6) is 5.75 Å². The van der Waals surface area contributed by atoms with Gasteiger partial charge < -0.3 is 20.3 Å². The van der Waals surface area contributed by atoms with Crippen molar-refractivity contribution in [1.29, 1.82) is 0 Å². The first-order valence-corrected chi connectivity index (χ1v) is 8.99. The molecule has 1 aromatic carbocycles. The number of methoxy groups -OCH3 is 1. The Morgan fingerprint density at radius 1 is 1.18 bits per heavy atom. The van der Waals surface area contributed by atoms with Gasteiger partial charge in [0.1, 0.15) is 5.75 Å². The largest absolute Gasteiger partial charge is 0.497 e. The Bertz CT molecular complexity index is 839. The molecule has 28 heavy (non-hydrogen) atoms. The van der Waals surface area contributed by atoms with Crippen LogP contribution >= 0.6 is 0 Å². The van der Waals surface area contributed by atoms with Gasteiger partial charge in [0.25, 0.3) is 5.91 Å². The monoisotopic (exact) mass is 382 g/mol. The number of ether oxygens (including phenoxy) is 1. The molecule has 2 N–H and O–H groups in total. The summed E-state index contributed by atoms with van der Waals surface area (Å²) in [6.07, 6.45) is 3.24. The Morgan fingerprint density at radius 3 is 2.61 bits per heavy atom. The molecule has 8 nitrogen and oxygen atoms in total. The summed E-state index contributed by atoms with van der Waals surface area (Å²) in [7, 11) is 1.58. The fourth-order valence-electron chi connectivity index (χ4n) is 3.00. The number of amides is 3. The van der Waals surface area contributed by atoms with E-state index in [1.54, 1.807) is 54.6 Å². The first-order chi connectivity index (χ1) is 13.6. The molecule has 1 fully saturated rings.